The summed E-state index contributed by atoms with van der Waals surface area (Å²) in [6, 6.07) is 1.25. The van der Waals surface area contributed by atoms with E-state index in [0.717, 1.165) is 12.3 Å². The van der Waals surface area contributed by atoms with Crippen LogP contribution in [0.3, 0.4) is 0 Å². The Balaban J connectivity index is 2.12. The Morgan fingerprint density at radius 1 is 1.50 bits per heavy atom. The number of hydrazine groups is 1. The monoisotopic (exact) mass is 274 g/mol. The Labute approximate surface area is 104 Å². The molecule has 2 rings (SSSR count). The lowest BCUT2D eigenvalue weighted by Gasteiger charge is -2.11. The summed E-state index contributed by atoms with van der Waals surface area (Å²) in [4.78, 5) is 13.0. The van der Waals surface area contributed by atoms with Crippen molar-refractivity contribution in [1.29, 1.82) is 0 Å². The Kier molecular flexibility index (Phi) is 3.39. The topological polar surface area (TPSA) is 123 Å². The molecule has 5 N–H and O–H groups in total. The fourth-order valence-electron chi connectivity index (χ4n) is 1.70. The van der Waals surface area contributed by atoms with Gasteiger partial charge in [0.05, 0.1) is 6.17 Å². The number of hydrogen-bond acceptors (Lipinski definition) is 5. The summed E-state index contributed by atoms with van der Waals surface area (Å²) in [6.07, 6.45) is 1.35. The molecule has 0 aromatic carbocycles. The lowest BCUT2D eigenvalue weighted by molar-refractivity contribution is 0.0691. The number of H-pyrrole nitrogens is 1. The third-order valence-electron chi connectivity index (χ3n) is 2.59. The number of carboxylic acids is 1. The number of carboxylic acid groups (broad SMARTS) is 1. The van der Waals surface area contributed by atoms with Crippen molar-refractivity contribution in [2.45, 2.75) is 30.4 Å². The van der Waals surface area contributed by atoms with Crippen LogP contribution in [0.4, 0.5) is 0 Å². The number of aromatic carboxylic acids is 1. The van der Waals surface area contributed by atoms with Gasteiger partial charge in [-0.25, -0.2) is 18.6 Å². The maximum absolute atomic E-state index is 11.9. The summed E-state index contributed by atoms with van der Waals surface area (Å²) < 4.78 is 26.3. The van der Waals surface area contributed by atoms with Crippen LogP contribution >= 0.6 is 0 Å². The molecule has 0 aliphatic carbocycles. The molecule has 0 bridgehead atoms. The summed E-state index contributed by atoms with van der Waals surface area (Å²) in [5.74, 6) is -1.20. The molecule has 1 saturated heterocycles. The zero-order chi connectivity index (χ0) is 13.3. The third kappa shape index (κ3) is 2.70. The van der Waals surface area contributed by atoms with Crippen LogP contribution in [-0.2, 0) is 10.0 Å². The minimum absolute atomic E-state index is 0.0961. The molecule has 1 aromatic rings. The number of aromatic nitrogens is 1. The Hall–Kier alpha value is -1.42. The van der Waals surface area contributed by atoms with Gasteiger partial charge in [-0.1, -0.05) is 0 Å². The predicted octanol–water partition coefficient (Wildman–Crippen LogP) is -0.796. The van der Waals surface area contributed by atoms with Gasteiger partial charge in [-0.05, 0) is 19.4 Å². The van der Waals surface area contributed by atoms with E-state index in [-0.39, 0.29) is 16.6 Å². The lowest BCUT2D eigenvalue weighted by Crippen LogP contribution is -2.44. The first-order chi connectivity index (χ1) is 8.38. The maximum atomic E-state index is 11.9. The van der Waals surface area contributed by atoms with Crippen LogP contribution in [-0.4, -0.2) is 36.7 Å². The average Bonchev–Trinajstić information content (AvgIpc) is 2.86. The Morgan fingerprint density at radius 3 is 2.72 bits per heavy atom. The average molecular weight is 274 g/mol. The van der Waals surface area contributed by atoms with E-state index < -0.39 is 22.2 Å². The van der Waals surface area contributed by atoms with Gasteiger partial charge in [-0.3, -0.25) is 5.43 Å². The predicted molar refractivity (Wildman–Crippen MR) is 62.2 cm³/mol. The van der Waals surface area contributed by atoms with E-state index in [1.807, 2.05) is 6.92 Å². The number of sulfonamides is 1. The van der Waals surface area contributed by atoms with E-state index in [0.29, 0.717) is 6.42 Å². The fraction of sp³-hybridized carbons (Fsp3) is 0.444. The molecule has 2 heterocycles. The van der Waals surface area contributed by atoms with E-state index in [1.54, 1.807) is 0 Å². The quantitative estimate of drug-likeness (QED) is 0.490. The molecular weight excluding hydrogens is 260 g/mol. The van der Waals surface area contributed by atoms with Gasteiger partial charge in [0, 0.05) is 12.2 Å². The van der Waals surface area contributed by atoms with Crippen LogP contribution in [0.1, 0.15) is 23.8 Å². The molecule has 1 aliphatic heterocycles. The van der Waals surface area contributed by atoms with Crippen molar-refractivity contribution < 1.29 is 18.3 Å². The molecule has 0 radical (unpaired) electrons. The first kappa shape index (κ1) is 13.0. The van der Waals surface area contributed by atoms with Crippen molar-refractivity contribution in [3.05, 3.63) is 18.0 Å². The van der Waals surface area contributed by atoms with Crippen molar-refractivity contribution in [3.63, 3.8) is 0 Å². The van der Waals surface area contributed by atoms with Gasteiger partial charge in [-0.15, -0.1) is 0 Å². The minimum atomic E-state index is -3.73. The van der Waals surface area contributed by atoms with Gasteiger partial charge in [0.2, 0.25) is 10.0 Å². The standard InChI is InChI=1S/C9H14N4O4S/c1-5-2-8(12-11-5)13-18(16,17)6-3-7(9(14)15)10-4-6/h3-5,8,10-13H,2H2,1H3,(H,14,15). The summed E-state index contributed by atoms with van der Waals surface area (Å²) in [7, 11) is -3.73. The maximum Gasteiger partial charge on any atom is 0.352 e. The van der Waals surface area contributed by atoms with Crippen molar-refractivity contribution >= 4 is 16.0 Å². The van der Waals surface area contributed by atoms with E-state index in [4.69, 9.17) is 5.11 Å². The largest absolute Gasteiger partial charge is 0.477 e. The number of nitrogens with one attached hydrogen (secondary N) is 4. The Bertz CT molecular complexity index is 553. The van der Waals surface area contributed by atoms with Crippen LogP contribution in [0.25, 0.3) is 0 Å². The van der Waals surface area contributed by atoms with Crippen molar-refractivity contribution in [2.75, 3.05) is 0 Å². The van der Waals surface area contributed by atoms with Gasteiger partial charge >= 0.3 is 5.97 Å². The van der Waals surface area contributed by atoms with Crippen LogP contribution in [0, 0.1) is 0 Å². The SMILES string of the molecule is CC1CC(NS(=O)(=O)c2c[nH]c(C(=O)O)c2)NN1. The van der Waals surface area contributed by atoms with E-state index in [2.05, 4.69) is 20.6 Å². The second-order valence-corrected chi connectivity index (χ2v) is 5.87. The number of rotatable bonds is 4. The number of hydrogen-bond donors (Lipinski definition) is 5. The minimum Gasteiger partial charge on any atom is -0.477 e. The van der Waals surface area contributed by atoms with E-state index in [9.17, 15) is 13.2 Å². The van der Waals surface area contributed by atoms with Gasteiger partial charge < -0.3 is 10.1 Å². The molecule has 0 amide bonds. The van der Waals surface area contributed by atoms with Gasteiger partial charge in [0.25, 0.3) is 0 Å². The second-order valence-electron chi connectivity index (χ2n) is 4.15. The van der Waals surface area contributed by atoms with Crippen molar-refractivity contribution in [3.8, 4) is 0 Å². The second kappa shape index (κ2) is 4.69. The number of aromatic amines is 1. The molecule has 0 spiro atoms. The molecule has 1 aliphatic rings. The molecule has 1 fully saturated rings. The molecular formula is C9H14N4O4S. The molecule has 2 atom stereocenters. The van der Waals surface area contributed by atoms with Crippen molar-refractivity contribution in [1.82, 2.24) is 20.6 Å². The van der Waals surface area contributed by atoms with Crippen LogP contribution in [0.2, 0.25) is 0 Å². The van der Waals surface area contributed by atoms with Crippen LogP contribution < -0.4 is 15.6 Å². The van der Waals surface area contributed by atoms with Gasteiger partial charge in [0.1, 0.15) is 10.6 Å². The first-order valence-corrected chi connectivity index (χ1v) is 6.82. The zero-order valence-corrected chi connectivity index (χ0v) is 10.4. The summed E-state index contributed by atoms with van der Waals surface area (Å²) >= 11 is 0. The van der Waals surface area contributed by atoms with Crippen molar-refractivity contribution in [2.24, 2.45) is 0 Å². The number of carbonyl (C=O) groups is 1. The Morgan fingerprint density at radius 2 is 2.22 bits per heavy atom. The highest BCUT2D eigenvalue weighted by molar-refractivity contribution is 7.89. The lowest BCUT2D eigenvalue weighted by atomic mass is 10.2. The van der Waals surface area contributed by atoms with Crippen LogP contribution in [0.15, 0.2) is 17.2 Å². The zero-order valence-electron chi connectivity index (χ0n) is 9.60. The molecule has 18 heavy (non-hydrogen) atoms. The highest BCUT2D eigenvalue weighted by atomic mass is 32.2. The third-order valence-corrected chi connectivity index (χ3v) is 4.04. The normalized spacial score (nSPS) is 24.3. The first-order valence-electron chi connectivity index (χ1n) is 5.33. The van der Waals surface area contributed by atoms with Gasteiger partial charge in [-0.2, -0.15) is 4.72 Å². The van der Waals surface area contributed by atoms with E-state index in [1.165, 1.54) is 0 Å². The summed E-state index contributed by atoms with van der Waals surface area (Å²) in [5.41, 5.74) is 5.52. The van der Waals surface area contributed by atoms with E-state index >= 15 is 0 Å². The molecule has 8 nitrogen and oxygen atoms in total. The van der Waals surface area contributed by atoms with Crippen LogP contribution in [0.5, 0.6) is 0 Å². The highest BCUT2D eigenvalue weighted by Crippen LogP contribution is 2.12. The molecule has 100 valence electrons. The fourth-order valence-corrected chi connectivity index (χ4v) is 2.85. The molecule has 9 heteroatoms. The smallest absolute Gasteiger partial charge is 0.352 e. The summed E-state index contributed by atoms with van der Waals surface area (Å²) in [6.45, 7) is 1.92. The highest BCUT2D eigenvalue weighted by Gasteiger charge is 2.26. The summed E-state index contributed by atoms with van der Waals surface area (Å²) in [5, 5.41) is 8.71. The molecule has 2 unspecified atom stereocenters. The molecule has 0 saturated carbocycles. The van der Waals surface area contributed by atoms with Gasteiger partial charge in [0.15, 0.2) is 0 Å². The molecule has 1 aromatic heterocycles.